The second-order valence-electron chi connectivity index (χ2n) is 6.97. The number of carbonyl (C=O) groups is 1. The van der Waals surface area contributed by atoms with Crippen LogP contribution in [0.5, 0.6) is 0 Å². The zero-order chi connectivity index (χ0) is 22.3. The van der Waals surface area contributed by atoms with Crippen LogP contribution in [0.2, 0.25) is 10.0 Å². The van der Waals surface area contributed by atoms with Crippen LogP contribution in [0.25, 0.3) is 0 Å². The predicted molar refractivity (Wildman–Crippen MR) is 109 cm³/mol. The van der Waals surface area contributed by atoms with E-state index in [0.29, 0.717) is 10.6 Å². The van der Waals surface area contributed by atoms with Gasteiger partial charge >= 0.3 is 6.18 Å². The van der Waals surface area contributed by atoms with E-state index in [2.05, 4.69) is 15.7 Å². The van der Waals surface area contributed by atoms with Crippen LogP contribution in [0.4, 0.5) is 29.1 Å². The molecule has 2 heterocycles. The molecule has 1 amide bonds. The molecule has 1 aliphatic rings. The van der Waals surface area contributed by atoms with Gasteiger partial charge in [0, 0.05) is 11.4 Å². The summed E-state index contributed by atoms with van der Waals surface area (Å²) in [5, 5.41) is 9.83. The molecular weight excluding hydrogens is 459 g/mol. The Morgan fingerprint density at radius 1 is 1.16 bits per heavy atom. The van der Waals surface area contributed by atoms with Crippen molar-refractivity contribution in [2.24, 2.45) is 0 Å². The number of amides is 1. The molecule has 0 aliphatic carbocycles. The van der Waals surface area contributed by atoms with Gasteiger partial charge in [-0.05, 0) is 35.9 Å². The third kappa shape index (κ3) is 4.33. The highest BCUT2D eigenvalue weighted by Crippen LogP contribution is 2.44. The number of carbonyl (C=O) groups excluding carboxylic acids is 1. The Labute approximate surface area is 184 Å². The number of benzene rings is 2. The van der Waals surface area contributed by atoms with Gasteiger partial charge in [0.1, 0.15) is 17.2 Å². The average Bonchev–Trinajstić information content (AvgIpc) is 3.13. The fourth-order valence-corrected chi connectivity index (χ4v) is 3.88. The van der Waals surface area contributed by atoms with Crippen LogP contribution in [-0.4, -0.2) is 21.9 Å². The van der Waals surface area contributed by atoms with E-state index in [1.54, 1.807) is 0 Å². The van der Waals surface area contributed by atoms with Crippen LogP contribution in [0.3, 0.4) is 0 Å². The Balaban J connectivity index is 1.69. The minimum absolute atomic E-state index is 0.0907. The summed E-state index contributed by atoms with van der Waals surface area (Å²) >= 11 is 11.9. The largest absolute Gasteiger partial charge is 0.410 e. The average molecular weight is 473 g/mol. The number of nitrogens with zero attached hydrogens (tertiary/aromatic N) is 2. The molecule has 2 aromatic carbocycles. The Morgan fingerprint density at radius 3 is 2.52 bits per heavy atom. The third-order valence-corrected chi connectivity index (χ3v) is 5.48. The van der Waals surface area contributed by atoms with Crippen molar-refractivity contribution in [1.82, 2.24) is 9.78 Å². The van der Waals surface area contributed by atoms with E-state index in [9.17, 15) is 22.4 Å². The molecule has 2 N–H and O–H groups in total. The van der Waals surface area contributed by atoms with Gasteiger partial charge in [-0.25, -0.2) is 9.07 Å². The first-order chi connectivity index (χ1) is 14.6. The summed E-state index contributed by atoms with van der Waals surface area (Å²) in [6.45, 7) is 0. The molecule has 162 valence electrons. The normalized spacial score (nSPS) is 18.3. The molecular formula is C20H14Cl2F4N4O. The SMILES string of the molecule is O=C(Nc1ccc(Cl)cc1Cl)c1cnn2c1N[C@@H](c1ccc(F)cc1)C[C@@H]2C(F)(F)F. The molecule has 31 heavy (non-hydrogen) atoms. The summed E-state index contributed by atoms with van der Waals surface area (Å²) in [5.74, 6) is -1.29. The molecule has 11 heteroatoms. The fourth-order valence-electron chi connectivity index (χ4n) is 3.42. The van der Waals surface area contributed by atoms with E-state index >= 15 is 0 Å². The molecule has 0 bridgehead atoms. The second-order valence-corrected chi connectivity index (χ2v) is 7.81. The van der Waals surface area contributed by atoms with Crippen LogP contribution < -0.4 is 10.6 Å². The summed E-state index contributed by atoms with van der Waals surface area (Å²) < 4.78 is 55.2. The highest BCUT2D eigenvalue weighted by atomic mass is 35.5. The topological polar surface area (TPSA) is 59.0 Å². The number of alkyl halides is 3. The van der Waals surface area contributed by atoms with Gasteiger partial charge in [-0.3, -0.25) is 4.79 Å². The van der Waals surface area contributed by atoms with Gasteiger partial charge < -0.3 is 10.6 Å². The quantitative estimate of drug-likeness (QED) is 0.443. The molecule has 0 saturated carbocycles. The lowest BCUT2D eigenvalue weighted by molar-refractivity contribution is -0.173. The van der Waals surface area contributed by atoms with Crippen LogP contribution in [0.15, 0.2) is 48.7 Å². The molecule has 2 atom stereocenters. The Kier molecular flexibility index (Phi) is 5.57. The van der Waals surface area contributed by atoms with Gasteiger partial charge in [-0.15, -0.1) is 0 Å². The molecule has 0 radical (unpaired) electrons. The first kappa shape index (κ1) is 21.5. The molecule has 3 aromatic rings. The van der Waals surface area contributed by atoms with Crippen molar-refractivity contribution in [2.75, 3.05) is 10.6 Å². The van der Waals surface area contributed by atoms with Gasteiger partial charge in [0.25, 0.3) is 5.91 Å². The Hall–Kier alpha value is -2.78. The number of hydrogen-bond donors (Lipinski definition) is 2. The summed E-state index contributed by atoms with van der Waals surface area (Å²) in [6, 6.07) is 6.80. The number of fused-ring (bicyclic) bond motifs is 1. The van der Waals surface area contributed by atoms with Crippen LogP contribution >= 0.6 is 23.2 Å². The fraction of sp³-hybridized carbons (Fsp3) is 0.200. The van der Waals surface area contributed by atoms with Crippen molar-refractivity contribution in [2.45, 2.75) is 24.7 Å². The zero-order valence-electron chi connectivity index (χ0n) is 15.6. The summed E-state index contributed by atoms with van der Waals surface area (Å²) in [5.41, 5.74) is 0.608. The summed E-state index contributed by atoms with van der Waals surface area (Å²) in [7, 11) is 0. The number of anilines is 2. The van der Waals surface area contributed by atoms with Crippen molar-refractivity contribution in [3.8, 4) is 0 Å². The molecule has 0 unspecified atom stereocenters. The highest BCUT2D eigenvalue weighted by molar-refractivity contribution is 6.36. The molecule has 0 spiro atoms. The van der Waals surface area contributed by atoms with Crippen molar-refractivity contribution in [3.05, 3.63) is 75.7 Å². The van der Waals surface area contributed by atoms with Crippen LogP contribution in [-0.2, 0) is 0 Å². The van der Waals surface area contributed by atoms with E-state index in [1.165, 1.54) is 42.5 Å². The van der Waals surface area contributed by atoms with Gasteiger partial charge in [-0.2, -0.15) is 18.3 Å². The predicted octanol–water partition coefficient (Wildman–Crippen LogP) is 6.24. The van der Waals surface area contributed by atoms with Crippen LogP contribution in [0.1, 0.15) is 34.4 Å². The van der Waals surface area contributed by atoms with E-state index in [0.717, 1.165) is 10.9 Å². The Morgan fingerprint density at radius 2 is 1.87 bits per heavy atom. The highest BCUT2D eigenvalue weighted by Gasteiger charge is 2.47. The van der Waals surface area contributed by atoms with Gasteiger partial charge in [0.2, 0.25) is 0 Å². The van der Waals surface area contributed by atoms with Crippen molar-refractivity contribution >= 4 is 40.6 Å². The monoisotopic (exact) mass is 472 g/mol. The minimum Gasteiger partial charge on any atom is -0.363 e. The molecule has 1 aliphatic heterocycles. The standard InChI is InChI=1S/C20H14Cl2F4N4O/c21-11-3-6-15(14(22)7-11)29-19(31)13-9-27-30-17(20(24,25)26)8-16(28-18(13)30)10-1-4-12(23)5-2-10/h1-7,9,16-17,28H,8H2,(H,29,31)/t16-,17-/m1/s1. The maximum atomic E-state index is 13.7. The van der Waals surface area contributed by atoms with Gasteiger partial charge in [-0.1, -0.05) is 35.3 Å². The molecule has 4 rings (SSSR count). The van der Waals surface area contributed by atoms with Crippen LogP contribution in [0, 0.1) is 5.82 Å². The van der Waals surface area contributed by atoms with Crippen molar-refractivity contribution in [1.29, 1.82) is 0 Å². The van der Waals surface area contributed by atoms with Gasteiger partial charge in [0.05, 0.1) is 22.9 Å². The maximum absolute atomic E-state index is 13.7. The third-order valence-electron chi connectivity index (χ3n) is 4.93. The van der Waals surface area contributed by atoms with Gasteiger partial charge in [0.15, 0.2) is 6.04 Å². The lowest BCUT2D eigenvalue weighted by Crippen LogP contribution is -2.36. The van der Waals surface area contributed by atoms with E-state index < -0.39 is 30.0 Å². The zero-order valence-corrected chi connectivity index (χ0v) is 17.1. The van der Waals surface area contributed by atoms with E-state index in [1.807, 2.05) is 0 Å². The number of aromatic nitrogens is 2. The summed E-state index contributed by atoms with van der Waals surface area (Å²) in [6.07, 6.45) is -3.91. The number of nitrogens with one attached hydrogen (secondary N) is 2. The molecule has 1 aromatic heterocycles. The summed E-state index contributed by atoms with van der Waals surface area (Å²) in [4.78, 5) is 12.8. The first-order valence-corrected chi connectivity index (χ1v) is 9.81. The van der Waals surface area contributed by atoms with Crippen molar-refractivity contribution in [3.63, 3.8) is 0 Å². The number of halogens is 6. The number of hydrogen-bond acceptors (Lipinski definition) is 3. The Bertz CT molecular complexity index is 1130. The molecule has 5 nitrogen and oxygen atoms in total. The molecule has 0 saturated heterocycles. The lowest BCUT2D eigenvalue weighted by Gasteiger charge is -2.34. The van der Waals surface area contributed by atoms with Crippen molar-refractivity contribution < 1.29 is 22.4 Å². The minimum atomic E-state index is -4.60. The van der Waals surface area contributed by atoms with E-state index in [4.69, 9.17) is 23.2 Å². The second kappa shape index (κ2) is 8.05. The molecule has 0 fully saturated rings. The smallest absolute Gasteiger partial charge is 0.363 e. The van der Waals surface area contributed by atoms with E-state index in [-0.39, 0.29) is 28.5 Å². The maximum Gasteiger partial charge on any atom is 0.410 e. The first-order valence-electron chi connectivity index (χ1n) is 9.06. The lowest BCUT2D eigenvalue weighted by atomic mass is 9.96. The number of rotatable bonds is 3.